The number of benzene rings is 2. The van der Waals surface area contributed by atoms with Crippen LogP contribution in [-0.2, 0) is 11.2 Å². The lowest BCUT2D eigenvalue weighted by Gasteiger charge is -2.36. The lowest BCUT2D eigenvalue weighted by Crippen LogP contribution is -2.50. The summed E-state index contributed by atoms with van der Waals surface area (Å²) in [6.07, 6.45) is 0.941. The topological polar surface area (TPSA) is 75.9 Å². The number of hydrogen-bond donors (Lipinski definition) is 0. The summed E-state index contributed by atoms with van der Waals surface area (Å²) in [6, 6.07) is 12.4. The molecule has 0 aliphatic carbocycles. The van der Waals surface area contributed by atoms with E-state index in [1.54, 1.807) is 17.0 Å². The maximum Gasteiger partial charge on any atom is 0.269 e. The van der Waals surface area contributed by atoms with Gasteiger partial charge in [-0.1, -0.05) is 13.0 Å². The average molecular weight is 448 g/mol. The molecule has 1 amide bonds. The second-order valence-corrected chi connectivity index (χ2v) is 7.40. The quantitative estimate of drug-likeness (QED) is 0.498. The minimum Gasteiger partial charge on any atom is -0.483 e. The number of anilines is 1. The summed E-state index contributed by atoms with van der Waals surface area (Å²) in [7, 11) is 0. The second kappa shape index (κ2) is 9.05. The van der Waals surface area contributed by atoms with Gasteiger partial charge in [-0.25, -0.2) is 0 Å². The van der Waals surface area contributed by atoms with Gasteiger partial charge in [0, 0.05) is 44.0 Å². The molecule has 1 fully saturated rings. The Bertz CT molecular complexity index is 849. The van der Waals surface area contributed by atoms with E-state index in [2.05, 4.69) is 27.8 Å². The first-order valence-corrected chi connectivity index (χ1v) is 9.95. The van der Waals surface area contributed by atoms with E-state index >= 15 is 0 Å². The molecule has 2 aromatic carbocycles. The van der Waals surface area contributed by atoms with Crippen LogP contribution in [0.3, 0.4) is 0 Å². The molecule has 0 aromatic heterocycles. The Morgan fingerprint density at radius 2 is 1.82 bits per heavy atom. The van der Waals surface area contributed by atoms with Crippen LogP contribution in [0.2, 0.25) is 0 Å². The first-order chi connectivity index (χ1) is 13.5. The van der Waals surface area contributed by atoms with Gasteiger partial charge in [-0.2, -0.15) is 0 Å². The number of hydrogen-bond acceptors (Lipinski definition) is 5. The molecule has 7 nitrogen and oxygen atoms in total. The summed E-state index contributed by atoms with van der Waals surface area (Å²) in [5, 5.41) is 10.8. The minimum absolute atomic E-state index is 0.00159. The van der Waals surface area contributed by atoms with Gasteiger partial charge in [-0.3, -0.25) is 14.9 Å². The highest BCUT2D eigenvalue weighted by atomic mass is 79.9. The summed E-state index contributed by atoms with van der Waals surface area (Å²) in [5.41, 5.74) is 2.20. The van der Waals surface area contributed by atoms with E-state index in [4.69, 9.17) is 4.74 Å². The number of piperazine rings is 1. The molecule has 2 aromatic rings. The third kappa shape index (κ3) is 4.81. The molecular formula is C20H22BrN3O4. The van der Waals surface area contributed by atoms with Crippen molar-refractivity contribution in [1.82, 2.24) is 4.90 Å². The van der Waals surface area contributed by atoms with Crippen molar-refractivity contribution in [2.75, 3.05) is 37.7 Å². The molecule has 8 heteroatoms. The maximum absolute atomic E-state index is 12.5. The SMILES string of the molecule is CCc1ccc(OCC(=O)N2CCN(c3ccc([N+](=O)[O-])cc3)CC2)c(Br)c1. The highest BCUT2D eigenvalue weighted by molar-refractivity contribution is 9.10. The fourth-order valence-corrected chi connectivity index (χ4v) is 3.65. The van der Waals surface area contributed by atoms with Crippen LogP contribution in [0.4, 0.5) is 11.4 Å². The van der Waals surface area contributed by atoms with Crippen molar-refractivity contribution in [3.63, 3.8) is 0 Å². The number of nitro groups is 1. The van der Waals surface area contributed by atoms with Crippen LogP contribution in [0.25, 0.3) is 0 Å². The van der Waals surface area contributed by atoms with Crippen molar-refractivity contribution in [3.8, 4) is 5.75 Å². The molecule has 148 valence electrons. The van der Waals surface area contributed by atoms with E-state index in [0.29, 0.717) is 31.9 Å². The molecule has 0 bridgehead atoms. The van der Waals surface area contributed by atoms with E-state index in [9.17, 15) is 14.9 Å². The molecule has 28 heavy (non-hydrogen) atoms. The van der Waals surface area contributed by atoms with E-state index in [-0.39, 0.29) is 18.2 Å². The first kappa shape index (κ1) is 20.1. The van der Waals surface area contributed by atoms with Crippen LogP contribution < -0.4 is 9.64 Å². The molecule has 1 aliphatic rings. The molecule has 0 atom stereocenters. The summed E-state index contributed by atoms with van der Waals surface area (Å²) in [5.74, 6) is 0.616. The number of ether oxygens (including phenoxy) is 1. The van der Waals surface area contributed by atoms with Crippen LogP contribution in [0.1, 0.15) is 12.5 Å². The van der Waals surface area contributed by atoms with Crippen LogP contribution in [0, 0.1) is 10.1 Å². The monoisotopic (exact) mass is 447 g/mol. The van der Waals surface area contributed by atoms with E-state index < -0.39 is 4.92 Å². The molecular weight excluding hydrogens is 426 g/mol. The number of rotatable bonds is 6. The Morgan fingerprint density at radius 1 is 1.14 bits per heavy atom. The number of amides is 1. The Balaban J connectivity index is 1.50. The van der Waals surface area contributed by atoms with Crippen LogP contribution in [-0.4, -0.2) is 48.5 Å². The highest BCUT2D eigenvalue weighted by Gasteiger charge is 2.22. The van der Waals surface area contributed by atoms with Gasteiger partial charge in [0.25, 0.3) is 11.6 Å². The van der Waals surface area contributed by atoms with Crippen LogP contribution in [0.5, 0.6) is 5.75 Å². The van der Waals surface area contributed by atoms with Gasteiger partial charge in [-0.05, 0) is 52.2 Å². The zero-order valence-corrected chi connectivity index (χ0v) is 17.2. The minimum atomic E-state index is -0.408. The molecule has 0 unspecified atom stereocenters. The molecule has 0 spiro atoms. The number of carbonyl (C=O) groups is 1. The molecule has 0 saturated carbocycles. The Labute approximate surface area is 172 Å². The molecule has 3 rings (SSSR count). The van der Waals surface area contributed by atoms with Gasteiger partial charge >= 0.3 is 0 Å². The van der Waals surface area contributed by atoms with Gasteiger partial charge in [0.15, 0.2) is 6.61 Å². The normalized spacial score (nSPS) is 14.1. The van der Waals surface area contributed by atoms with Crippen LogP contribution in [0.15, 0.2) is 46.9 Å². The Morgan fingerprint density at radius 3 is 2.39 bits per heavy atom. The standard InChI is InChI=1S/C20H22BrN3O4/c1-2-15-3-8-19(18(21)13-15)28-14-20(25)23-11-9-22(10-12-23)16-4-6-17(7-5-16)24(26)27/h3-8,13H,2,9-12,14H2,1H3. The highest BCUT2D eigenvalue weighted by Crippen LogP contribution is 2.26. The van der Waals surface area contributed by atoms with Crippen molar-refractivity contribution < 1.29 is 14.5 Å². The van der Waals surface area contributed by atoms with Gasteiger partial charge in [0.05, 0.1) is 9.40 Å². The largest absolute Gasteiger partial charge is 0.483 e. The molecule has 0 radical (unpaired) electrons. The van der Waals surface area contributed by atoms with Crippen molar-refractivity contribution in [3.05, 3.63) is 62.6 Å². The van der Waals surface area contributed by atoms with Gasteiger partial charge in [-0.15, -0.1) is 0 Å². The number of carbonyl (C=O) groups excluding carboxylic acids is 1. The Kier molecular flexibility index (Phi) is 6.51. The summed E-state index contributed by atoms with van der Waals surface area (Å²) < 4.78 is 6.53. The smallest absolute Gasteiger partial charge is 0.269 e. The summed E-state index contributed by atoms with van der Waals surface area (Å²) >= 11 is 3.48. The summed E-state index contributed by atoms with van der Waals surface area (Å²) in [6.45, 7) is 4.63. The van der Waals surface area contributed by atoms with Crippen molar-refractivity contribution in [1.29, 1.82) is 0 Å². The van der Waals surface area contributed by atoms with Crippen LogP contribution >= 0.6 is 15.9 Å². The molecule has 0 N–H and O–H groups in total. The zero-order chi connectivity index (χ0) is 20.1. The second-order valence-electron chi connectivity index (χ2n) is 6.55. The third-order valence-corrected chi connectivity index (χ3v) is 5.43. The van der Waals surface area contributed by atoms with E-state index in [0.717, 1.165) is 16.6 Å². The predicted octanol–water partition coefficient (Wildman–Crippen LogP) is 3.65. The maximum atomic E-state index is 12.5. The van der Waals surface area contributed by atoms with E-state index in [1.165, 1.54) is 17.7 Å². The number of aryl methyl sites for hydroxylation is 1. The molecule has 1 aliphatic heterocycles. The van der Waals surface area contributed by atoms with Crippen molar-refractivity contribution in [2.24, 2.45) is 0 Å². The zero-order valence-electron chi connectivity index (χ0n) is 15.6. The van der Waals surface area contributed by atoms with Crippen molar-refractivity contribution >= 4 is 33.2 Å². The lowest BCUT2D eigenvalue weighted by atomic mass is 10.2. The number of non-ortho nitro benzene ring substituents is 1. The van der Waals surface area contributed by atoms with E-state index in [1.807, 2.05) is 18.2 Å². The number of halogens is 1. The van der Waals surface area contributed by atoms with Gasteiger partial charge < -0.3 is 14.5 Å². The first-order valence-electron chi connectivity index (χ1n) is 9.16. The Hall–Kier alpha value is -2.61. The predicted molar refractivity (Wildman–Crippen MR) is 111 cm³/mol. The summed E-state index contributed by atoms with van der Waals surface area (Å²) in [4.78, 5) is 26.7. The molecule has 1 heterocycles. The fourth-order valence-electron chi connectivity index (χ4n) is 3.11. The molecule has 1 saturated heterocycles. The fraction of sp³-hybridized carbons (Fsp3) is 0.350. The van der Waals surface area contributed by atoms with Gasteiger partial charge in [0.2, 0.25) is 0 Å². The number of nitro benzene ring substituents is 1. The van der Waals surface area contributed by atoms with Crippen molar-refractivity contribution in [2.45, 2.75) is 13.3 Å². The third-order valence-electron chi connectivity index (χ3n) is 4.81. The van der Waals surface area contributed by atoms with Gasteiger partial charge in [0.1, 0.15) is 5.75 Å². The lowest BCUT2D eigenvalue weighted by molar-refractivity contribution is -0.384. The number of nitrogens with zero attached hydrogens (tertiary/aromatic N) is 3. The average Bonchev–Trinajstić information content (AvgIpc) is 2.72.